The second-order valence-corrected chi connectivity index (χ2v) is 6.02. The Morgan fingerprint density at radius 1 is 1.50 bits per heavy atom. The highest BCUT2D eigenvalue weighted by Gasteiger charge is 2.24. The summed E-state index contributed by atoms with van der Waals surface area (Å²) in [6.45, 7) is 9.69. The van der Waals surface area contributed by atoms with Gasteiger partial charge in [0.05, 0.1) is 11.8 Å². The Bertz CT molecular complexity index is 535. The molecule has 1 aromatic rings. The van der Waals surface area contributed by atoms with E-state index < -0.39 is 0 Å². The zero-order valence-corrected chi connectivity index (χ0v) is 14.0. The van der Waals surface area contributed by atoms with Crippen molar-refractivity contribution in [2.24, 2.45) is 4.99 Å². The first-order chi connectivity index (χ1) is 10.6. The molecule has 0 N–H and O–H groups in total. The quantitative estimate of drug-likeness (QED) is 0.651. The number of hydrogen-bond donors (Lipinski definition) is 0. The molecule has 0 atom stereocenters. The molecule has 0 aliphatic heterocycles. The Morgan fingerprint density at radius 2 is 2.27 bits per heavy atom. The van der Waals surface area contributed by atoms with Crippen molar-refractivity contribution in [1.82, 2.24) is 9.88 Å². The van der Waals surface area contributed by atoms with Crippen LogP contribution in [0.5, 0.6) is 5.75 Å². The molecule has 0 spiro atoms. The summed E-state index contributed by atoms with van der Waals surface area (Å²) >= 11 is 0. The molecule has 0 radical (unpaired) electrons. The Morgan fingerprint density at radius 3 is 2.91 bits per heavy atom. The first-order valence-corrected chi connectivity index (χ1v) is 8.09. The molecule has 1 fully saturated rings. The van der Waals surface area contributed by atoms with E-state index in [2.05, 4.69) is 35.4 Å². The first-order valence-electron chi connectivity index (χ1n) is 8.09. The molecule has 22 heavy (non-hydrogen) atoms. The minimum absolute atomic E-state index is 0.405. The van der Waals surface area contributed by atoms with Crippen molar-refractivity contribution in [3.8, 4) is 5.75 Å². The van der Waals surface area contributed by atoms with Crippen LogP contribution in [0.3, 0.4) is 0 Å². The Hall–Kier alpha value is -1.68. The van der Waals surface area contributed by atoms with Crippen LogP contribution >= 0.6 is 0 Å². The van der Waals surface area contributed by atoms with Crippen LogP contribution < -0.4 is 4.74 Å². The van der Waals surface area contributed by atoms with Crippen molar-refractivity contribution in [2.75, 3.05) is 13.6 Å². The van der Waals surface area contributed by atoms with E-state index in [1.165, 1.54) is 18.6 Å². The van der Waals surface area contributed by atoms with Crippen LogP contribution in [0.4, 0.5) is 0 Å². The highest BCUT2D eigenvalue weighted by Crippen LogP contribution is 2.28. The first kappa shape index (κ1) is 16.7. The van der Waals surface area contributed by atoms with Crippen molar-refractivity contribution in [3.05, 3.63) is 36.3 Å². The smallest absolute Gasteiger partial charge is 0.142 e. The average Bonchev–Trinajstić information content (AvgIpc) is 3.29. The standard InChI is InChI=1S/C18H27N3O/c1-5-15(20-14(2)3)10-12-21(4)13-17-18(7-6-11-19-17)22-16-8-9-16/h6-7,11,16H,2,5,8-10,12-13H2,1,3-4H3/b20-15+. The molecule has 1 aliphatic rings. The maximum Gasteiger partial charge on any atom is 0.142 e. The zero-order valence-electron chi connectivity index (χ0n) is 14.0. The van der Waals surface area contributed by atoms with Gasteiger partial charge in [0.1, 0.15) is 5.75 Å². The minimum Gasteiger partial charge on any atom is -0.488 e. The monoisotopic (exact) mass is 301 g/mol. The minimum atomic E-state index is 0.405. The molecule has 0 unspecified atom stereocenters. The fourth-order valence-electron chi connectivity index (χ4n) is 2.25. The van der Waals surface area contributed by atoms with Crippen LogP contribution in [0.15, 0.2) is 35.6 Å². The van der Waals surface area contributed by atoms with E-state index in [-0.39, 0.29) is 0 Å². The van der Waals surface area contributed by atoms with Gasteiger partial charge >= 0.3 is 0 Å². The summed E-state index contributed by atoms with van der Waals surface area (Å²) in [5, 5.41) is 0. The lowest BCUT2D eigenvalue weighted by atomic mass is 10.2. The molecule has 0 bridgehead atoms. The molecular weight excluding hydrogens is 274 g/mol. The van der Waals surface area contributed by atoms with Gasteiger partial charge in [0, 0.05) is 30.7 Å². The maximum absolute atomic E-state index is 5.93. The molecule has 1 heterocycles. The van der Waals surface area contributed by atoms with Crippen LogP contribution in [-0.2, 0) is 6.54 Å². The Labute approximate surface area is 133 Å². The summed E-state index contributed by atoms with van der Waals surface area (Å²) in [7, 11) is 2.11. The summed E-state index contributed by atoms with van der Waals surface area (Å²) in [4.78, 5) is 11.2. The third-order valence-corrected chi connectivity index (χ3v) is 3.63. The van der Waals surface area contributed by atoms with Gasteiger partial charge in [-0.3, -0.25) is 9.98 Å². The molecule has 4 nitrogen and oxygen atoms in total. The number of pyridine rings is 1. The van der Waals surface area contributed by atoms with Gasteiger partial charge in [0.15, 0.2) is 0 Å². The number of aromatic nitrogens is 1. The van der Waals surface area contributed by atoms with Crippen LogP contribution in [0.2, 0.25) is 0 Å². The number of aliphatic imine (C=N–C) groups is 1. The van der Waals surface area contributed by atoms with Crippen molar-refractivity contribution in [3.63, 3.8) is 0 Å². The highest BCUT2D eigenvalue weighted by atomic mass is 16.5. The SMILES string of the molecule is C=C(C)/N=C(\CC)CCN(C)Cc1ncccc1OC1CC1. The second kappa shape index (κ2) is 8.08. The summed E-state index contributed by atoms with van der Waals surface area (Å²) in [5.74, 6) is 0.933. The van der Waals surface area contributed by atoms with E-state index >= 15 is 0 Å². The molecular formula is C18H27N3O. The van der Waals surface area contributed by atoms with Gasteiger partial charge in [-0.15, -0.1) is 0 Å². The van der Waals surface area contributed by atoms with Gasteiger partial charge in [0.2, 0.25) is 0 Å². The second-order valence-electron chi connectivity index (χ2n) is 6.02. The molecule has 2 rings (SSSR count). The van der Waals surface area contributed by atoms with E-state index in [1.807, 2.05) is 25.3 Å². The van der Waals surface area contributed by atoms with E-state index in [9.17, 15) is 0 Å². The van der Waals surface area contributed by atoms with Gasteiger partial charge in [-0.25, -0.2) is 0 Å². The van der Waals surface area contributed by atoms with Crippen molar-refractivity contribution >= 4 is 5.71 Å². The average molecular weight is 301 g/mol. The Balaban J connectivity index is 1.88. The number of allylic oxidation sites excluding steroid dienone is 1. The fraction of sp³-hybridized carbons (Fsp3) is 0.556. The number of nitrogens with zero attached hydrogens (tertiary/aromatic N) is 3. The molecule has 0 amide bonds. The topological polar surface area (TPSA) is 37.7 Å². The lowest BCUT2D eigenvalue weighted by Gasteiger charge is -2.18. The summed E-state index contributed by atoms with van der Waals surface area (Å²) in [6, 6.07) is 3.96. The van der Waals surface area contributed by atoms with Crippen LogP contribution in [-0.4, -0.2) is 35.3 Å². The van der Waals surface area contributed by atoms with Crippen LogP contribution in [0.25, 0.3) is 0 Å². The summed E-state index contributed by atoms with van der Waals surface area (Å²) in [6.07, 6.45) is 6.51. The molecule has 1 aromatic heterocycles. The maximum atomic E-state index is 5.93. The zero-order chi connectivity index (χ0) is 15.9. The van der Waals surface area contributed by atoms with Gasteiger partial charge < -0.3 is 9.64 Å². The third kappa shape index (κ3) is 5.60. The molecule has 1 aliphatic carbocycles. The normalized spacial score (nSPS) is 15.2. The fourth-order valence-corrected chi connectivity index (χ4v) is 2.25. The van der Waals surface area contributed by atoms with Crippen molar-refractivity contribution in [2.45, 2.75) is 52.2 Å². The van der Waals surface area contributed by atoms with E-state index in [1.54, 1.807) is 0 Å². The molecule has 4 heteroatoms. The summed E-state index contributed by atoms with van der Waals surface area (Å²) < 4.78 is 5.93. The summed E-state index contributed by atoms with van der Waals surface area (Å²) in [5.41, 5.74) is 3.10. The largest absolute Gasteiger partial charge is 0.488 e. The molecule has 1 saturated carbocycles. The van der Waals surface area contributed by atoms with Crippen molar-refractivity contribution < 1.29 is 4.74 Å². The lowest BCUT2D eigenvalue weighted by Crippen LogP contribution is -2.22. The third-order valence-electron chi connectivity index (χ3n) is 3.63. The lowest BCUT2D eigenvalue weighted by molar-refractivity contribution is 0.281. The predicted octanol–water partition coefficient (Wildman–Crippen LogP) is 3.83. The van der Waals surface area contributed by atoms with Crippen molar-refractivity contribution in [1.29, 1.82) is 0 Å². The molecule has 0 aromatic carbocycles. The van der Waals surface area contributed by atoms with Gasteiger partial charge in [-0.1, -0.05) is 13.5 Å². The number of ether oxygens (including phenoxy) is 1. The number of rotatable bonds is 9. The Kier molecular flexibility index (Phi) is 6.13. The highest BCUT2D eigenvalue weighted by molar-refractivity contribution is 5.85. The molecule has 0 saturated heterocycles. The number of hydrogen-bond acceptors (Lipinski definition) is 4. The van der Waals surface area contributed by atoms with Gasteiger partial charge in [-0.2, -0.15) is 0 Å². The van der Waals surface area contributed by atoms with Gasteiger partial charge in [0.25, 0.3) is 0 Å². The van der Waals surface area contributed by atoms with E-state index in [0.717, 1.165) is 43.1 Å². The van der Waals surface area contributed by atoms with E-state index in [0.29, 0.717) is 6.10 Å². The van der Waals surface area contributed by atoms with Crippen LogP contribution in [0, 0.1) is 0 Å². The van der Waals surface area contributed by atoms with E-state index in [4.69, 9.17) is 4.74 Å². The van der Waals surface area contributed by atoms with Crippen LogP contribution in [0.1, 0.15) is 45.2 Å². The van der Waals surface area contributed by atoms with Gasteiger partial charge in [-0.05, 0) is 51.8 Å². The predicted molar refractivity (Wildman–Crippen MR) is 91.4 cm³/mol. The molecule has 120 valence electrons.